The predicted molar refractivity (Wildman–Crippen MR) is 101 cm³/mol. The topological polar surface area (TPSA) is 78.7 Å². The van der Waals surface area contributed by atoms with E-state index in [1.54, 1.807) is 13.8 Å². The molecule has 0 saturated heterocycles. The Morgan fingerprint density at radius 2 is 1.84 bits per heavy atom. The van der Waals surface area contributed by atoms with E-state index in [1.807, 2.05) is 18.2 Å². The van der Waals surface area contributed by atoms with Crippen LogP contribution in [0.3, 0.4) is 0 Å². The lowest BCUT2D eigenvalue weighted by molar-refractivity contribution is -0.113. The molecule has 1 aromatic carbocycles. The standard InChI is InChI=1S/C19H22N4OS/c1-5-14-8-7-9-15(6-2)18(14)23-17(24)11-25-19-16(10-20)12(3)21-13(4)22-19/h7-9H,5-6,11H2,1-4H3,(H,23,24). The van der Waals surface area contributed by atoms with Crippen LogP contribution in [0.1, 0.15) is 42.1 Å². The van der Waals surface area contributed by atoms with Crippen LogP contribution in [0, 0.1) is 25.2 Å². The van der Waals surface area contributed by atoms with Crippen molar-refractivity contribution in [2.24, 2.45) is 0 Å². The molecule has 0 aliphatic rings. The van der Waals surface area contributed by atoms with Crippen LogP contribution in [0.15, 0.2) is 23.2 Å². The number of carbonyl (C=O) groups is 1. The molecule has 2 rings (SSSR count). The highest BCUT2D eigenvalue weighted by Crippen LogP contribution is 2.25. The van der Waals surface area contributed by atoms with Gasteiger partial charge in [0.1, 0.15) is 22.5 Å². The molecule has 0 fully saturated rings. The van der Waals surface area contributed by atoms with Gasteiger partial charge in [-0.2, -0.15) is 5.26 Å². The first-order valence-corrected chi connectivity index (χ1v) is 9.27. The molecule has 0 bridgehead atoms. The van der Waals surface area contributed by atoms with Gasteiger partial charge in [-0.25, -0.2) is 9.97 Å². The van der Waals surface area contributed by atoms with Gasteiger partial charge >= 0.3 is 0 Å². The van der Waals surface area contributed by atoms with Crippen LogP contribution in [0.25, 0.3) is 0 Å². The normalized spacial score (nSPS) is 10.4. The molecule has 0 atom stereocenters. The molecule has 5 nitrogen and oxygen atoms in total. The summed E-state index contributed by atoms with van der Waals surface area (Å²) < 4.78 is 0. The van der Waals surface area contributed by atoms with Gasteiger partial charge in [0.2, 0.25) is 5.91 Å². The van der Waals surface area contributed by atoms with Gasteiger partial charge in [-0.1, -0.05) is 43.8 Å². The lowest BCUT2D eigenvalue weighted by Gasteiger charge is -2.14. The molecule has 0 spiro atoms. The average molecular weight is 354 g/mol. The summed E-state index contributed by atoms with van der Waals surface area (Å²) in [5, 5.41) is 12.9. The maximum absolute atomic E-state index is 12.4. The number of hydrogen-bond donors (Lipinski definition) is 1. The van der Waals surface area contributed by atoms with Gasteiger partial charge < -0.3 is 5.32 Å². The van der Waals surface area contributed by atoms with Gasteiger partial charge in [-0.05, 0) is 37.8 Å². The smallest absolute Gasteiger partial charge is 0.234 e. The van der Waals surface area contributed by atoms with E-state index in [0.29, 0.717) is 22.1 Å². The van der Waals surface area contributed by atoms with Crippen molar-refractivity contribution in [3.63, 3.8) is 0 Å². The molecular weight excluding hydrogens is 332 g/mol. The van der Waals surface area contributed by atoms with Gasteiger partial charge in [0.15, 0.2) is 0 Å². The second kappa shape index (κ2) is 8.63. The molecular formula is C19H22N4OS. The second-order valence-electron chi connectivity index (χ2n) is 5.64. The van der Waals surface area contributed by atoms with Crippen molar-refractivity contribution in [2.45, 2.75) is 45.6 Å². The van der Waals surface area contributed by atoms with Crippen LogP contribution in [-0.2, 0) is 17.6 Å². The van der Waals surface area contributed by atoms with Crippen molar-refractivity contribution in [2.75, 3.05) is 11.1 Å². The van der Waals surface area contributed by atoms with Gasteiger partial charge in [0.05, 0.1) is 11.4 Å². The quantitative estimate of drug-likeness (QED) is 0.630. The monoisotopic (exact) mass is 354 g/mol. The Hall–Kier alpha value is -2.39. The number of para-hydroxylation sites is 1. The minimum Gasteiger partial charge on any atom is -0.325 e. The number of aryl methyl sites for hydroxylation is 4. The largest absolute Gasteiger partial charge is 0.325 e. The summed E-state index contributed by atoms with van der Waals surface area (Å²) in [4.78, 5) is 20.9. The zero-order valence-corrected chi connectivity index (χ0v) is 15.8. The highest BCUT2D eigenvalue weighted by atomic mass is 32.2. The third-order valence-electron chi connectivity index (χ3n) is 3.88. The molecule has 1 heterocycles. The highest BCUT2D eigenvalue weighted by molar-refractivity contribution is 8.00. The van der Waals surface area contributed by atoms with E-state index >= 15 is 0 Å². The third-order valence-corrected chi connectivity index (χ3v) is 4.86. The summed E-state index contributed by atoms with van der Waals surface area (Å²) in [6, 6.07) is 8.21. The maximum atomic E-state index is 12.4. The first kappa shape index (κ1) is 18.9. The van der Waals surface area contributed by atoms with Crippen LogP contribution in [0.4, 0.5) is 5.69 Å². The second-order valence-corrected chi connectivity index (χ2v) is 6.61. The minimum absolute atomic E-state index is 0.0987. The molecule has 130 valence electrons. The summed E-state index contributed by atoms with van der Waals surface area (Å²) in [6.45, 7) is 7.71. The fourth-order valence-electron chi connectivity index (χ4n) is 2.63. The van der Waals surface area contributed by atoms with E-state index in [9.17, 15) is 10.1 Å². The number of amides is 1. The molecule has 2 aromatic rings. The van der Waals surface area contributed by atoms with E-state index in [4.69, 9.17) is 0 Å². The summed E-state index contributed by atoms with van der Waals surface area (Å²) in [6.07, 6.45) is 1.72. The van der Waals surface area contributed by atoms with Crippen molar-refractivity contribution in [3.8, 4) is 6.07 Å². The molecule has 0 aliphatic heterocycles. The fourth-order valence-corrected chi connectivity index (χ4v) is 3.50. The van der Waals surface area contributed by atoms with Crippen molar-refractivity contribution in [3.05, 3.63) is 46.4 Å². The number of hydrogen-bond acceptors (Lipinski definition) is 5. The van der Waals surface area contributed by atoms with Gasteiger partial charge in [0, 0.05) is 5.69 Å². The number of anilines is 1. The maximum Gasteiger partial charge on any atom is 0.234 e. The number of benzene rings is 1. The highest BCUT2D eigenvalue weighted by Gasteiger charge is 2.14. The van der Waals surface area contributed by atoms with E-state index in [2.05, 4.69) is 35.2 Å². The summed E-state index contributed by atoms with van der Waals surface area (Å²) in [5.41, 5.74) is 4.25. The van der Waals surface area contributed by atoms with Gasteiger partial charge in [-0.3, -0.25) is 4.79 Å². The Labute approximate surface area is 152 Å². The molecule has 1 aromatic heterocycles. The van der Waals surface area contributed by atoms with E-state index < -0.39 is 0 Å². The number of nitrogens with one attached hydrogen (secondary N) is 1. The Bertz CT molecular complexity index is 805. The number of nitriles is 1. The zero-order valence-electron chi connectivity index (χ0n) is 15.0. The number of thioether (sulfide) groups is 1. The summed E-state index contributed by atoms with van der Waals surface area (Å²) in [5.74, 6) is 0.702. The average Bonchev–Trinajstić information content (AvgIpc) is 2.59. The van der Waals surface area contributed by atoms with Crippen LogP contribution < -0.4 is 5.32 Å². The molecule has 1 amide bonds. The molecule has 0 unspecified atom stereocenters. The van der Waals surface area contributed by atoms with Crippen LogP contribution in [0.5, 0.6) is 0 Å². The van der Waals surface area contributed by atoms with Crippen molar-refractivity contribution in [1.29, 1.82) is 5.26 Å². The molecule has 6 heteroatoms. The fraction of sp³-hybridized carbons (Fsp3) is 0.368. The number of aromatic nitrogens is 2. The Morgan fingerprint density at radius 1 is 1.20 bits per heavy atom. The van der Waals surface area contributed by atoms with Crippen molar-refractivity contribution < 1.29 is 4.79 Å². The van der Waals surface area contributed by atoms with Crippen LogP contribution >= 0.6 is 11.8 Å². The number of rotatable bonds is 6. The lowest BCUT2D eigenvalue weighted by atomic mass is 10.0. The van der Waals surface area contributed by atoms with Crippen LogP contribution in [-0.4, -0.2) is 21.6 Å². The first-order valence-electron chi connectivity index (χ1n) is 8.28. The minimum atomic E-state index is -0.0987. The lowest BCUT2D eigenvalue weighted by Crippen LogP contribution is -2.17. The Morgan fingerprint density at radius 3 is 2.40 bits per heavy atom. The predicted octanol–water partition coefficient (Wildman–Crippen LogP) is 3.82. The van der Waals surface area contributed by atoms with E-state index in [1.165, 1.54) is 11.8 Å². The van der Waals surface area contributed by atoms with Gasteiger partial charge in [0.25, 0.3) is 0 Å². The summed E-state index contributed by atoms with van der Waals surface area (Å²) >= 11 is 1.27. The summed E-state index contributed by atoms with van der Waals surface area (Å²) in [7, 11) is 0. The zero-order chi connectivity index (χ0) is 18.4. The van der Waals surface area contributed by atoms with Gasteiger partial charge in [-0.15, -0.1) is 0 Å². The van der Waals surface area contributed by atoms with E-state index in [-0.39, 0.29) is 11.7 Å². The van der Waals surface area contributed by atoms with Crippen LogP contribution in [0.2, 0.25) is 0 Å². The Kier molecular flexibility index (Phi) is 6.54. The molecule has 25 heavy (non-hydrogen) atoms. The Balaban J connectivity index is 2.14. The molecule has 0 saturated carbocycles. The molecule has 0 aliphatic carbocycles. The van der Waals surface area contributed by atoms with E-state index in [0.717, 1.165) is 29.7 Å². The van der Waals surface area contributed by atoms with Crippen molar-refractivity contribution in [1.82, 2.24) is 9.97 Å². The molecule has 1 N–H and O–H groups in total. The number of carbonyl (C=O) groups excluding carboxylic acids is 1. The molecule has 0 radical (unpaired) electrons. The third kappa shape index (κ3) is 4.58. The van der Waals surface area contributed by atoms with Crippen molar-refractivity contribution >= 4 is 23.4 Å². The first-order chi connectivity index (χ1) is 12.0. The SMILES string of the molecule is CCc1cccc(CC)c1NC(=O)CSc1nc(C)nc(C)c1C#N. The number of nitrogens with zero attached hydrogens (tertiary/aromatic N) is 3.